The highest BCUT2D eigenvalue weighted by Gasteiger charge is 2.12. The average molecular weight is 292 g/mol. The fourth-order valence-corrected chi connectivity index (χ4v) is 2.35. The maximum absolute atomic E-state index is 11.9. The second-order valence-corrected chi connectivity index (χ2v) is 5.36. The van der Waals surface area contributed by atoms with Crippen LogP contribution in [0.5, 0.6) is 5.75 Å². The lowest BCUT2D eigenvalue weighted by atomic mass is 10.1. The lowest BCUT2D eigenvalue weighted by molar-refractivity contribution is -0.123. The van der Waals surface area contributed by atoms with Crippen molar-refractivity contribution < 1.29 is 9.53 Å². The second-order valence-electron chi connectivity index (χ2n) is 5.36. The van der Waals surface area contributed by atoms with Gasteiger partial charge in [0.1, 0.15) is 5.75 Å². The fourth-order valence-electron chi connectivity index (χ4n) is 2.35. The van der Waals surface area contributed by atoms with Crippen LogP contribution in [0.15, 0.2) is 24.3 Å². The summed E-state index contributed by atoms with van der Waals surface area (Å²) in [6.45, 7) is 9.24. The van der Waals surface area contributed by atoms with Gasteiger partial charge in [-0.05, 0) is 32.9 Å². The predicted molar refractivity (Wildman–Crippen MR) is 86.5 cm³/mol. The Labute approximate surface area is 128 Å². The number of para-hydroxylation sites is 1. The molecular formula is C17H28N2O2. The third kappa shape index (κ3) is 6.17. The molecule has 0 saturated heterocycles. The van der Waals surface area contributed by atoms with E-state index in [9.17, 15) is 4.79 Å². The van der Waals surface area contributed by atoms with E-state index in [2.05, 4.69) is 31.4 Å². The standard InChI is InChI=1S/C17H28N2O2/c1-5-9-13(3)19-17(20)12-21-16-11-8-7-10-15(16)14(4)18-6-2/h7-8,10-11,13-14,18H,5-6,9,12H2,1-4H3,(H,19,20). The van der Waals surface area contributed by atoms with Crippen LogP contribution in [-0.2, 0) is 4.79 Å². The molecule has 0 heterocycles. The largest absolute Gasteiger partial charge is 0.483 e. The minimum absolute atomic E-state index is 0.0594. The first-order valence-corrected chi connectivity index (χ1v) is 7.82. The van der Waals surface area contributed by atoms with Crippen molar-refractivity contribution >= 4 is 5.91 Å². The number of amides is 1. The van der Waals surface area contributed by atoms with Gasteiger partial charge in [0.15, 0.2) is 6.61 Å². The topological polar surface area (TPSA) is 50.4 Å². The third-order valence-corrected chi connectivity index (χ3v) is 3.38. The van der Waals surface area contributed by atoms with Gasteiger partial charge >= 0.3 is 0 Å². The molecule has 21 heavy (non-hydrogen) atoms. The molecule has 0 aromatic heterocycles. The second kappa shape index (κ2) is 9.40. The van der Waals surface area contributed by atoms with Gasteiger partial charge < -0.3 is 15.4 Å². The van der Waals surface area contributed by atoms with Gasteiger partial charge in [0, 0.05) is 17.6 Å². The number of benzene rings is 1. The molecule has 4 nitrogen and oxygen atoms in total. The molecule has 1 aromatic rings. The lowest BCUT2D eigenvalue weighted by Crippen LogP contribution is -2.36. The van der Waals surface area contributed by atoms with E-state index in [0.717, 1.165) is 30.7 Å². The maximum atomic E-state index is 11.9. The number of carbonyl (C=O) groups is 1. The minimum Gasteiger partial charge on any atom is -0.483 e. The van der Waals surface area contributed by atoms with E-state index < -0.39 is 0 Å². The van der Waals surface area contributed by atoms with Gasteiger partial charge in [-0.1, -0.05) is 38.5 Å². The molecular weight excluding hydrogens is 264 g/mol. The van der Waals surface area contributed by atoms with E-state index in [0.29, 0.717) is 0 Å². The molecule has 1 amide bonds. The third-order valence-electron chi connectivity index (χ3n) is 3.38. The van der Waals surface area contributed by atoms with Gasteiger partial charge in [-0.2, -0.15) is 0 Å². The SMILES string of the molecule is CCCC(C)NC(=O)COc1ccccc1C(C)NCC. The zero-order chi connectivity index (χ0) is 15.7. The number of ether oxygens (including phenoxy) is 1. The minimum atomic E-state index is -0.0677. The summed E-state index contributed by atoms with van der Waals surface area (Å²) in [5.41, 5.74) is 1.08. The summed E-state index contributed by atoms with van der Waals surface area (Å²) in [6, 6.07) is 8.25. The summed E-state index contributed by atoms with van der Waals surface area (Å²) < 4.78 is 5.69. The Morgan fingerprint density at radius 3 is 2.62 bits per heavy atom. The molecule has 2 atom stereocenters. The van der Waals surface area contributed by atoms with Crippen molar-refractivity contribution in [3.63, 3.8) is 0 Å². The normalized spacial score (nSPS) is 13.5. The maximum Gasteiger partial charge on any atom is 0.258 e. The summed E-state index contributed by atoms with van der Waals surface area (Å²) in [5.74, 6) is 0.700. The van der Waals surface area contributed by atoms with Crippen molar-refractivity contribution in [2.45, 2.75) is 52.6 Å². The monoisotopic (exact) mass is 292 g/mol. The van der Waals surface area contributed by atoms with Crippen LogP contribution in [0, 0.1) is 0 Å². The van der Waals surface area contributed by atoms with Crippen LogP contribution in [0.4, 0.5) is 0 Å². The summed E-state index contributed by atoms with van der Waals surface area (Å²) >= 11 is 0. The average Bonchev–Trinajstić information content (AvgIpc) is 2.46. The number of hydrogen-bond donors (Lipinski definition) is 2. The van der Waals surface area contributed by atoms with Crippen molar-refractivity contribution in [3.05, 3.63) is 29.8 Å². The summed E-state index contributed by atoms with van der Waals surface area (Å²) in [4.78, 5) is 11.9. The number of carbonyl (C=O) groups excluding carboxylic acids is 1. The molecule has 2 unspecified atom stereocenters. The van der Waals surface area contributed by atoms with Crippen LogP contribution in [0.2, 0.25) is 0 Å². The molecule has 0 spiro atoms. The van der Waals surface area contributed by atoms with Crippen molar-refractivity contribution in [2.75, 3.05) is 13.2 Å². The van der Waals surface area contributed by atoms with Gasteiger partial charge in [-0.25, -0.2) is 0 Å². The quantitative estimate of drug-likeness (QED) is 0.735. The lowest BCUT2D eigenvalue weighted by Gasteiger charge is -2.18. The first kappa shape index (κ1) is 17.5. The van der Waals surface area contributed by atoms with Crippen molar-refractivity contribution in [3.8, 4) is 5.75 Å². The zero-order valence-electron chi connectivity index (χ0n) is 13.6. The molecule has 0 aliphatic rings. The van der Waals surface area contributed by atoms with Crippen LogP contribution in [0.1, 0.15) is 52.1 Å². The Balaban J connectivity index is 2.57. The van der Waals surface area contributed by atoms with E-state index >= 15 is 0 Å². The number of nitrogens with one attached hydrogen (secondary N) is 2. The number of rotatable bonds is 9. The Morgan fingerprint density at radius 2 is 1.95 bits per heavy atom. The summed E-state index contributed by atoms with van der Waals surface area (Å²) in [7, 11) is 0. The van der Waals surface area contributed by atoms with E-state index in [-0.39, 0.29) is 24.6 Å². The molecule has 2 N–H and O–H groups in total. The van der Waals surface area contributed by atoms with Gasteiger partial charge in [-0.3, -0.25) is 4.79 Å². The van der Waals surface area contributed by atoms with Gasteiger partial charge in [0.05, 0.1) is 0 Å². The molecule has 1 aromatic carbocycles. The summed E-state index contributed by atoms with van der Waals surface area (Å²) in [6.07, 6.45) is 2.05. The number of hydrogen-bond acceptors (Lipinski definition) is 3. The van der Waals surface area contributed by atoms with Crippen LogP contribution in [0.3, 0.4) is 0 Å². The molecule has 0 fully saturated rings. The van der Waals surface area contributed by atoms with Gasteiger partial charge in [0.2, 0.25) is 0 Å². The molecule has 0 saturated carbocycles. The highest BCUT2D eigenvalue weighted by atomic mass is 16.5. The molecule has 0 aliphatic carbocycles. The van der Waals surface area contributed by atoms with E-state index in [1.807, 2.05) is 31.2 Å². The highest BCUT2D eigenvalue weighted by molar-refractivity contribution is 5.77. The van der Waals surface area contributed by atoms with E-state index in [4.69, 9.17) is 4.74 Å². The van der Waals surface area contributed by atoms with Crippen molar-refractivity contribution in [1.29, 1.82) is 0 Å². The first-order valence-electron chi connectivity index (χ1n) is 7.82. The van der Waals surface area contributed by atoms with E-state index in [1.165, 1.54) is 0 Å². The van der Waals surface area contributed by atoms with Crippen LogP contribution < -0.4 is 15.4 Å². The summed E-state index contributed by atoms with van der Waals surface area (Å²) in [5, 5.41) is 6.30. The fraction of sp³-hybridized carbons (Fsp3) is 0.588. The van der Waals surface area contributed by atoms with E-state index in [1.54, 1.807) is 0 Å². The van der Waals surface area contributed by atoms with Crippen LogP contribution in [-0.4, -0.2) is 25.1 Å². The van der Waals surface area contributed by atoms with Crippen LogP contribution >= 0.6 is 0 Å². The Kier molecular flexibility index (Phi) is 7.83. The predicted octanol–water partition coefficient (Wildman–Crippen LogP) is 3.04. The smallest absolute Gasteiger partial charge is 0.258 e. The van der Waals surface area contributed by atoms with Gasteiger partial charge in [-0.15, -0.1) is 0 Å². The molecule has 4 heteroatoms. The van der Waals surface area contributed by atoms with Crippen molar-refractivity contribution in [1.82, 2.24) is 10.6 Å². The molecule has 1 rings (SSSR count). The molecule has 0 aliphatic heterocycles. The molecule has 0 bridgehead atoms. The Hall–Kier alpha value is -1.55. The Morgan fingerprint density at radius 1 is 1.24 bits per heavy atom. The Bertz CT molecular complexity index is 435. The zero-order valence-corrected chi connectivity index (χ0v) is 13.6. The first-order chi connectivity index (χ1) is 10.1. The van der Waals surface area contributed by atoms with Crippen LogP contribution in [0.25, 0.3) is 0 Å². The highest BCUT2D eigenvalue weighted by Crippen LogP contribution is 2.24. The van der Waals surface area contributed by atoms with Crippen molar-refractivity contribution in [2.24, 2.45) is 0 Å². The molecule has 118 valence electrons. The van der Waals surface area contributed by atoms with Gasteiger partial charge in [0.25, 0.3) is 5.91 Å². The molecule has 0 radical (unpaired) electrons.